The molecule has 0 aliphatic heterocycles. The lowest BCUT2D eigenvalue weighted by Crippen LogP contribution is -2.12. The Morgan fingerprint density at radius 3 is 2.52 bits per heavy atom. The van der Waals surface area contributed by atoms with Crippen molar-refractivity contribution in [1.29, 1.82) is 0 Å². The van der Waals surface area contributed by atoms with E-state index in [4.69, 9.17) is 21.1 Å². The number of ether oxygens (including phenoxy) is 2. The molecule has 5 nitrogen and oxygen atoms in total. The third-order valence-electron chi connectivity index (χ3n) is 2.86. The van der Waals surface area contributed by atoms with Crippen LogP contribution < -0.4 is 14.8 Å². The molecule has 0 spiro atoms. The maximum Gasteiger partial charge on any atom is 0.255 e. The zero-order valence-corrected chi connectivity index (χ0v) is 12.3. The summed E-state index contributed by atoms with van der Waals surface area (Å²) in [7, 11) is 3.04. The fraction of sp³-hybridized carbons (Fsp3) is 0.133. The van der Waals surface area contributed by atoms with Gasteiger partial charge < -0.3 is 19.9 Å². The molecule has 0 aromatic heterocycles. The number of methoxy groups -OCH3 is 2. The van der Waals surface area contributed by atoms with E-state index in [2.05, 4.69) is 5.32 Å². The molecule has 0 fully saturated rings. The van der Waals surface area contributed by atoms with Gasteiger partial charge in [-0.15, -0.1) is 0 Å². The van der Waals surface area contributed by atoms with Gasteiger partial charge in [-0.3, -0.25) is 4.79 Å². The third-order valence-corrected chi connectivity index (χ3v) is 3.17. The number of carbonyl (C=O) groups excluding carboxylic acids is 1. The van der Waals surface area contributed by atoms with Crippen LogP contribution in [0.25, 0.3) is 0 Å². The number of benzene rings is 2. The minimum absolute atomic E-state index is 0.0767. The van der Waals surface area contributed by atoms with Crippen LogP contribution in [0.5, 0.6) is 17.2 Å². The summed E-state index contributed by atoms with van der Waals surface area (Å²) in [6, 6.07) is 9.30. The van der Waals surface area contributed by atoms with Crippen LogP contribution in [0, 0.1) is 0 Å². The Morgan fingerprint density at radius 2 is 1.90 bits per heavy atom. The maximum absolute atomic E-state index is 12.2. The van der Waals surface area contributed by atoms with E-state index in [0.717, 1.165) is 0 Å². The molecule has 0 radical (unpaired) electrons. The Bertz CT molecular complexity index is 673. The highest BCUT2D eigenvalue weighted by Crippen LogP contribution is 2.30. The monoisotopic (exact) mass is 307 g/mol. The lowest BCUT2D eigenvalue weighted by Gasteiger charge is -2.12. The minimum Gasteiger partial charge on any atom is -0.506 e. The van der Waals surface area contributed by atoms with Crippen molar-refractivity contribution < 1.29 is 19.4 Å². The van der Waals surface area contributed by atoms with E-state index in [1.807, 2.05) is 0 Å². The van der Waals surface area contributed by atoms with Crippen molar-refractivity contribution in [2.75, 3.05) is 19.5 Å². The molecular weight excluding hydrogens is 294 g/mol. The van der Waals surface area contributed by atoms with Gasteiger partial charge in [0.1, 0.15) is 17.2 Å². The van der Waals surface area contributed by atoms with Crippen LogP contribution in [-0.4, -0.2) is 25.2 Å². The second-order valence-electron chi connectivity index (χ2n) is 4.19. The highest BCUT2D eigenvalue weighted by Gasteiger charge is 2.12. The molecular formula is C15H14ClNO4. The molecule has 21 heavy (non-hydrogen) atoms. The van der Waals surface area contributed by atoms with Crippen LogP contribution >= 0.6 is 11.6 Å². The fourth-order valence-corrected chi connectivity index (χ4v) is 1.93. The first-order valence-electron chi connectivity index (χ1n) is 6.07. The predicted molar refractivity (Wildman–Crippen MR) is 80.6 cm³/mol. The number of nitrogens with one attached hydrogen (secondary N) is 1. The van der Waals surface area contributed by atoms with Gasteiger partial charge in [-0.05, 0) is 30.3 Å². The molecule has 0 atom stereocenters. The van der Waals surface area contributed by atoms with Crippen molar-refractivity contribution in [1.82, 2.24) is 0 Å². The predicted octanol–water partition coefficient (Wildman–Crippen LogP) is 3.32. The quantitative estimate of drug-likeness (QED) is 0.909. The Hall–Kier alpha value is -2.40. The summed E-state index contributed by atoms with van der Waals surface area (Å²) in [5.74, 6) is 0.652. The minimum atomic E-state index is -0.372. The smallest absolute Gasteiger partial charge is 0.255 e. The van der Waals surface area contributed by atoms with Crippen molar-refractivity contribution in [3.63, 3.8) is 0 Å². The Kier molecular flexibility index (Phi) is 4.55. The number of carbonyl (C=O) groups is 1. The van der Waals surface area contributed by atoms with Gasteiger partial charge in [0.25, 0.3) is 5.91 Å². The molecule has 2 rings (SSSR count). The number of anilines is 1. The Morgan fingerprint density at radius 1 is 1.14 bits per heavy atom. The average molecular weight is 308 g/mol. The third kappa shape index (κ3) is 3.38. The first-order chi connectivity index (χ1) is 10.0. The van der Waals surface area contributed by atoms with Gasteiger partial charge in [-0.2, -0.15) is 0 Å². The molecule has 1 amide bonds. The topological polar surface area (TPSA) is 67.8 Å². The number of halogens is 1. The first-order valence-corrected chi connectivity index (χ1v) is 6.45. The van der Waals surface area contributed by atoms with Gasteiger partial charge in [-0.25, -0.2) is 0 Å². The Labute approximate surface area is 127 Å². The van der Waals surface area contributed by atoms with Gasteiger partial charge >= 0.3 is 0 Å². The standard InChI is InChI=1S/C15H14ClNO4/c1-20-10-4-6-14(21-2)12(8-10)17-15(19)9-3-5-13(18)11(16)7-9/h3-8,18H,1-2H3,(H,17,19). The van der Waals surface area contributed by atoms with Crippen molar-refractivity contribution in [3.05, 3.63) is 47.0 Å². The second-order valence-corrected chi connectivity index (χ2v) is 4.59. The largest absolute Gasteiger partial charge is 0.506 e. The molecule has 0 aliphatic rings. The highest BCUT2D eigenvalue weighted by atomic mass is 35.5. The molecule has 0 bridgehead atoms. The number of amides is 1. The maximum atomic E-state index is 12.2. The fourth-order valence-electron chi connectivity index (χ4n) is 1.75. The van der Waals surface area contributed by atoms with Gasteiger partial charge in [0.05, 0.1) is 24.9 Å². The van der Waals surface area contributed by atoms with Gasteiger partial charge in [0.15, 0.2) is 0 Å². The molecule has 0 saturated heterocycles. The van der Waals surface area contributed by atoms with Gasteiger partial charge in [0.2, 0.25) is 0 Å². The molecule has 110 valence electrons. The van der Waals surface area contributed by atoms with Crippen LogP contribution in [-0.2, 0) is 0 Å². The van der Waals surface area contributed by atoms with Crippen LogP contribution in [0.1, 0.15) is 10.4 Å². The molecule has 2 N–H and O–H groups in total. The van der Waals surface area contributed by atoms with Crippen LogP contribution in [0.4, 0.5) is 5.69 Å². The van der Waals surface area contributed by atoms with E-state index >= 15 is 0 Å². The Balaban J connectivity index is 2.28. The van der Waals surface area contributed by atoms with Gasteiger partial charge in [-0.1, -0.05) is 11.6 Å². The summed E-state index contributed by atoms with van der Waals surface area (Å²) in [6.07, 6.45) is 0. The van der Waals surface area contributed by atoms with E-state index in [1.165, 1.54) is 32.4 Å². The van der Waals surface area contributed by atoms with Crippen LogP contribution in [0.15, 0.2) is 36.4 Å². The first kappa shape index (κ1) is 15.0. The number of phenolic OH excluding ortho intramolecular Hbond substituents is 1. The van der Waals surface area contributed by atoms with E-state index in [-0.39, 0.29) is 16.7 Å². The average Bonchev–Trinajstić information content (AvgIpc) is 2.49. The summed E-state index contributed by atoms with van der Waals surface area (Å²) in [5, 5.41) is 12.2. The number of hydrogen-bond donors (Lipinski definition) is 2. The van der Waals surface area contributed by atoms with E-state index in [0.29, 0.717) is 22.7 Å². The number of hydrogen-bond acceptors (Lipinski definition) is 4. The number of phenols is 1. The summed E-state index contributed by atoms with van der Waals surface area (Å²) < 4.78 is 10.3. The zero-order chi connectivity index (χ0) is 15.4. The van der Waals surface area contributed by atoms with Crippen molar-refractivity contribution in [2.45, 2.75) is 0 Å². The van der Waals surface area contributed by atoms with E-state index in [1.54, 1.807) is 18.2 Å². The molecule has 0 aliphatic carbocycles. The van der Waals surface area contributed by atoms with Crippen molar-refractivity contribution in [3.8, 4) is 17.2 Å². The molecule has 2 aromatic carbocycles. The van der Waals surface area contributed by atoms with Crippen molar-refractivity contribution in [2.24, 2.45) is 0 Å². The number of aromatic hydroxyl groups is 1. The van der Waals surface area contributed by atoms with E-state index in [9.17, 15) is 9.90 Å². The lowest BCUT2D eigenvalue weighted by atomic mass is 10.2. The van der Waals surface area contributed by atoms with Gasteiger partial charge in [0, 0.05) is 11.6 Å². The van der Waals surface area contributed by atoms with Crippen LogP contribution in [0.3, 0.4) is 0 Å². The molecule has 2 aromatic rings. The lowest BCUT2D eigenvalue weighted by molar-refractivity contribution is 0.102. The number of rotatable bonds is 4. The molecule has 6 heteroatoms. The molecule has 0 saturated carbocycles. The second kappa shape index (κ2) is 6.37. The molecule has 0 heterocycles. The summed E-state index contributed by atoms with van der Waals surface area (Å²) >= 11 is 5.79. The summed E-state index contributed by atoms with van der Waals surface area (Å²) in [6.45, 7) is 0. The zero-order valence-electron chi connectivity index (χ0n) is 11.5. The molecule has 0 unspecified atom stereocenters. The SMILES string of the molecule is COc1ccc(OC)c(NC(=O)c2ccc(O)c(Cl)c2)c1. The van der Waals surface area contributed by atoms with Crippen LogP contribution in [0.2, 0.25) is 5.02 Å². The van der Waals surface area contributed by atoms with Crippen molar-refractivity contribution >= 4 is 23.2 Å². The summed E-state index contributed by atoms with van der Waals surface area (Å²) in [5.41, 5.74) is 0.800. The normalized spacial score (nSPS) is 10.0. The highest BCUT2D eigenvalue weighted by molar-refractivity contribution is 6.32. The summed E-state index contributed by atoms with van der Waals surface area (Å²) in [4.78, 5) is 12.2. The van der Waals surface area contributed by atoms with E-state index < -0.39 is 0 Å².